The van der Waals surface area contributed by atoms with Gasteiger partial charge in [0.2, 0.25) is 5.89 Å². The number of rotatable bonds is 8. The Labute approximate surface area is 248 Å². The molecule has 1 fully saturated rings. The van der Waals surface area contributed by atoms with E-state index < -0.39 is 5.97 Å². The summed E-state index contributed by atoms with van der Waals surface area (Å²) >= 11 is 0. The molecule has 11 heteroatoms. The third kappa shape index (κ3) is 5.82. The molecule has 3 heterocycles. The van der Waals surface area contributed by atoms with Crippen LogP contribution in [0.2, 0.25) is 0 Å². The summed E-state index contributed by atoms with van der Waals surface area (Å²) in [6.07, 6.45) is 0. The van der Waals surface area contributed by atoms with Gasteiger partial charge in [0.1, 0.15) is 5.75 Å². The normalized spacial score (nSPS) is 13.2. The van der Waals surface area contributed by atoms with Crippen LogP contribution in [-0.2, 0) is 4.74 Å². The highest BCUT2D eigenvalue weighted by Gasteiger charge is 2.27. The molecule has 43 heavy (non-hydrogen) atoms. The highest BCUT2D eigenvalue weighted by atomic mass is 16.5. The molecule has 218 valence electrons. The van der Waals surface area contributed by atoms with E-state index >= 15 is 0 Å². The molecule has 11 nitrogen and oxygen atoms in total. The predicted octanol–water partition coefficient (Wildman–Crippen LogP) is 4.74. The largest absolute Gasteiger partial charge is 0.497 e. The molecule has 0 N–H and O–H groups in total. The lowest BCUT2D eigenvalue weighted by atomic mass is 10.1. The van der Waals surface area contributed by atoms with Crippen LogP contribution in [0.15, 0.2) is 89.3 Å². The standard InChI is InChI=1S/C32H30N6O5/c1-3-42-32(40)27-21-28(38(35-27)25-13-15-26(41-2)16-14-25)22-9-11-24(12-10-22)36-17-19-37(20-18-36)31(39)30-34-33-29(43-30)23-7-5-4-6-8-23/h4-16,21H,3,17-20H2,1-2H3. The Hall–Kier alpha value is -5.45. The van der Waals surface area contributed by atoms with Crippen LogP contribution in [0.4, 0.5) is 5.69 Å². The Balaban J connectivity index is 1.15. The number of benzene rings is 3. The molecular weight excluding hydrogens is 548 g/mol. The van der Waals surface area contributed by atoms with Crippen molar-refractivity contribution in [2.45, 2.75) is 6.92 Å². The van der Waals surface area contributed by atoms with Crippen LogP contribution in [0.25, 0.3) is 28.4 Å². The van der Waals surface area contributed by atoms with Crippen LogP contribution in [0.3, 0.4) is 0 Å². The number of methoxy groups -OCH3 is 1. The van der Waals surface area contributed by atoms with Crippen molar-refractivity contribution in [1.29, 1.82) is 0 Å². The average molecular weight is 579 g/mol. The number of carbonyl (C=O) groups excluding carboxylic acids is 2. The van der Waals surface area contributed by atoms with E-state index in [2.05, 4.69) is 20.2 Å². The van der Waals surface area contributed by atoms with Crippen LogP contribution in [0.5, 0.6) is 5.75 Å². The van der Waals surface area contributed by atoms with Gasteiger partial charge in [0.05, 0.1) is 25.1 Å². The minimum absolute atomic E-state index is 0.00712. The van der Waals surface area contributed by atoms with Gasteiger partial charge in [0.25, 0.3) is 0 Å². The topological polar surface area (TPSA) is 116 Å². The molecule has 1 amide bonds. The number of esters is 1. The molecule has 0 spiro atoms. The van der Waals surface area contributed by atoms with E-state index in [1.807, 2.05) is 78.9 Å². The SMILES string of the molecule is CCOC(=O)c1cc(-c2ccc(N3CCN(C(=O)c4nnc(-c5ccccc5)o4)CC3)cc2)n(-c2ccc(OC)cc2)n1. The second-order valence-corrected chi connectivity index (χ2v) is 9.85. The smallest absolute Gasteiger partial charge is 0.358 e. The summed E-state index contributed by atoms with van der Waals surface area (Å²) in [4.78, 5) is 29.5. The lowest BCUT2D eigenvalue weighted by Crippen LogP contribution is -2.48. The summed E-state index contributed by atoms with van der Waals surface area (Å²) in [5, 5.41) is 12.6. The van der Waals surface area contributed by atoms with Crippen LogP contribution in [-0.4, -0.2) is 76.6 Å². The molecule has 1 saturated heterocycles. The summed E-state index contributed by atoms with van der Waals surface area (Å²) in [6.45, 7) is 4.39. The third-order valence-electron chi connectivity index (χ3n) is 7.23. The predicted molar refractivity (Wildman–Crippen MR) is 159 cm³/mol. The number of piperazine rings is 1. The maximum absolute atomic E-state index is 13.0. The number of hydrogen-bond donors (Lipinski definition) is 0. The lowest BCUT2D eigenvalue weighted by molar-refractivity contribution is 0.0518. The maximum Gasteiger partial charge on any atom is 0.358 e. The van der Waals surface area contributed by atoms with Gasteiger partial charge in [-0.25, -0.2) is 9.48 Å². The Morgan fingerprint density at radius 2 is 1.53 bits per heavy atom. The molecule has 6 rings (SSSR count). The molecule has 0 unspecified atom stereocenters. The monoisotopic (exact) mass is 578 g/mol. The number of nitrogens with zero attached hydrogens (tertiary/aromatic N) is 6. The van der Waals surface area contributed by atoms with Gasteiger partial charge in [-0.3, -0.25) is 4.79 Å². The lowest BCUT2D eigenvalue weighted by Gasteiger charge is -2.35. The van der Waals surface area contributed by atoms with Crippen molar-refractivity contribution in [2.75, 3.05) is 44.8 Å². The number of ether oxygens (including phenoxy) is 2. The summed E-state index contributed by atoms with van der Waals surface area (Å²) < 4.78 is 17.9. The molecule has 1 aliphatic heterocycles. The van der Waals surface area contributed by atoms with Gasteiger partial charge in [-0.2, -0.15) is 5.10 Å². The first-order valence-corrected chi connectivity index (χ1v) is 14.0. The number of hydrogen-bond acceptors (Lipinski definition) is 9. The van der Waals surface area contributed by atoms with Crippen molar-refractivity contribution in [3.05, 3.63) is 96.5 Å². The highest BCUT2D eigenvalue weighted by Crippen LogP contribution is 2.28. The molecule has 2 aromatic heterocycles. The van der Waals surface area contributed by atoms with Gasteiger partial charge < -0.3 is 23.7 Å². The zero-order valence-electron chi connectivity index (χ0n) is 23.8. The quantitative estimate of drug-likeness (QED) is 0.241. The van der Waals surface area contributed by atoms with Crippen molar-refractivity contribution in [1.82, 2.24) is 24.9 Å². The fourth-order valence-corrected chi connectivity index (χ4v) is 4.96. The molecule has 0 atom stereocenters. The number of aromatic nitrogens is 4. The van der Waals surface area contributed by atoms with Crippen molar-refractivity contribution in [2.24, 2.45) is 0 Å². The minimum atomic E-state index is -0.475. The Morgan fingerprint density at radius 1 is 0.837 bits per heavy atom. The fraction of sp³-hybridized carbons (Fsp3) is 0.219. The average Bonchev–Trinajstić information content (AvgIpc) is 3.74. The molecule has 0 saturated carbocycles. The Bertz CT molecular complexity index is 1710. The van der Waals surface area contributed by atoms with Gasteiger partial charge in [-0.15, -0.1) is 10.2 Å². The number of carbonyl (C=O) groups is 2. The first kappa shape index (κ1) is 27.7. The second kappa shape index (κ2) is 12.2. The number of amides is 1. The van der Waals surface area contributed by atoms with Gasteiger partial charge in [0, 0.05) is 43.0 Å². The summed E-state index contributed by atoms with van der Waals surface area (Å²) in [6, 6.07) is 26.6. The first-order valence-electron chi connectivity index (χ1n) is 14.0. The van der Waals surface area contributed by atoms with Crippen LogP contribution >= 0.6 is 0 Å². The van der Waals surface area contributed by atoms with Crippen molar-refractivity contribution in [3.8, 4) is 34.1 Å². The van der Waals surface area contributed by atoms with E-state index in [-0.39, 0.29) is 24.1 Å². The van der Waals surface area contributed by atoms with Crippen LogP contribution in [0, 0.1) is 0 Å². The van der Waals surface area contributed by atoms with E-state index in [0.717, 1.165) is 33.9 Å². The highest BCUT2D eigenvalue weighted by molar-refractivity contribution is 5.90. The van der Waals surface area contributed by atoms with Gasteiger partial charge >= 0.3 is 17.8 Å². The van der Waals surface area contributed by atoms with Crippen molar-refractivity contribution >= 4 is 17.6 Å². The zero-order valence-corrected chi connectivity index (χ0v) is 23.8. The molecule has 0 aliphatic carbocycles. The second-order valence-electron chi connectivity index (χ2n) is 9.85. The summed E-state index contributed by atoms with van der Waals surface area (Å²) in [5.41, 5.74) is 4.46. The summed E-state index contributed by atoms with van der Waals surface area (Å²) in [5.74, 6) is 0.298. The molecule has 0 bridgehead atoms. The molecular formula is C32H30N6O5. The van der Waals surface area contributed by atoms with E-state index in [0.29, 0.717) is 32.1 Å². The van der Waals surface area contributed by atoms with Crippen LogP contribution in [0.1, 0.15) is 28.1 Å². The van der Waals surface area contributed by atoms with E-state index in [9.17, 15) is 9.59 Å². The Kier molecular flexibility index (Phi) is 7.86. The zero-order chi connectivity index (χ0) is 29.8. The molecule has 0 radical (unpaired) electrons. The van der Waals surface area contributed by atoms with E-state index in [1.54, 1.807) is 29.7 Å². The molecule has 5 aromatic rings. The van der Waals surface area contributed by atoms with Crippen LogP contribution < -0.4 is 9.64 Å². The fourth-order valence-electron chi connectivity index (χ4n) is 4.96. The first-order chi connectivity index (χ1) is 21.0. The van der Waals surface area contributed by atoms with Crippen molar-refractivity contribution < 1.29 is 23.5 Å². The van der Waals surface area contributed by atoms with E-state index in [4.69, 9.17) is 13.9 Å². The van der Waals surface area contributed by atoms with Gasteiger partial charge in [-0.05, 0) is 61.5 Å². The summed E-state index contributed by atoms with van der Waals surface area (Å²) in [7, 11) is 1.61. The van der Waals surface area contributed by atoms with E-state index in [1.165, 1.54) is 0 Å². The Morgan fingerprint density at radius 3 is 2.21 bits per heavy atom. The maximum atomic E-state index is 13.0. The minimum Gasteiger partial charge on any atom is -0.497 e. The van der Waals surface area contributed by atoms with Crippen molar-refractivity contribution in [3.63, 3.8) is 0 Å². The third-order valence-corrected chi connectivity index (χ3v) is 7.23. The van der Waals surface area contributed by atoms with Gasteiger partial charge in [-0.1, -0.05) is 30.3 Å². The molecule has 1 aliphatic rings. The van der Waals surface area contributed by atoms with Gasteiger partial charge in [0.15, 0.2) is 5.69 Å². The molecule has 3 aromatic carbocycles. The number of anilines is 1.